The van der Waals surface area contributed by atoms with E-state index in [0.29, 0.717) is 35.7 Å². The molecule has 6 nitrogen and oxygen atoms in total. The number of rotatable bonds is 21. The number of hydrogen-bond acceptors (Lipinski definition) is 6. The molecule has 37 heavy (non-hydrogen) atoms. The van der Waals surface area contributed by atoms with Crippen molar-refractivity contribution in [2.45, 2.75) is 124 Å². The number of carbonyl (C=O) groups excluding carboxylic acids is 1. The Morgan fingerprint density at radius 1 is 0.703 bits per heavy atom. The normalized spacial score (nSPS) is 11.1. The molecule has 2 rings (SSSR count). The van der Waals surface area contributed by atoms with Gasteiger partial charge in [0.25, 0.3) is 0 Å². The summed E-state index contributed by atoms with van der Waals surface area (Å²) in [5.41, 5.74) is -0.257. The first-order valence-corrected chi connectivity index (χ1v) is 14.6. The molecule has 0 radical (unpaired) electrons. The summed E-state index contributed by atoms with van der Waals surface area (Å²) in [5.74, 6) is 0.228. The van der Waals surface area contributed by atoms with Crippen molar-refractivity contribution in [3.63, 3.8) is 0 Å². The lowest BCUT2D eigenvalue weighted by molar-refractivity contribution is -0.131. The van der Waals surface area contributed by atoms with Crippen molar-refractivity contribution in [3.05, 3.63) is 28.6 Å². The largest absolute Gasteiger partial charge is 0.489 e. The maximum Gasteiger partial charge on any atom is 0.383 e. The third-order valence-electron chi connectivity index (χ3n) is 6.55. The Labute approximate surface area is 223 Å². The van der Waals surface area contributed by atoms with E-state index in [1.165, 1.54) is 77.6 Å². The van der Waals surface area contributed by atoms with Gasteiger partial charge in [0.15, 0.2) is 5.75 Å². The van der Waals surface area contributed by atoms with Crippen LogP contribution in [0.3, 0.4) is 0 Å². The summed E-state index contributed by atoms with van der Waals surface area (Å²) in [7, 11) is 0. The molecule has 0 fully saturated rings. The average molecular weight is 517 g/mol. The van der Waals surface area contributed by atoms with Crippen molar-refractivity contribution >= 4 is 16.9 Å². The van der Waals surface area contributed by atoms with Crippen LogP contribution in [0.2, 0.25) is 0 Å². The van der Waals surface area contributed by atoms with Crippen LogP contribution < -0.4 is 19.8 Å². The van der Waals surface area contributed by atoms with Gasteiger partial charge < -0.3 is 18.6 Å². The molecule has 1 aromatic carbocycles. The van der Waals surface area contributed by atoms with Crippen molar-refractivity contribution in [1.29, 1.82) is 0 Å². The molecule has 0 amide bonds. The first-order valence-electron chi connectivity index (χ1n) is 14.6. The fraction of sp³-hybridized carbons (Fsp3) is 0.677. The Morgan fingerprint density at radius 3 is 1.70 bits per heavy atom. The second-order valence-corrected chi connectivity index (χ2v) is 9.92. The zero-order valence-corrected chi connectivity index (χ0v) is 23.4. The minimum absolute atomic E-state index is 0.0645. The van der Waals surface area contributed by atoms with E-state index in [4.69, 9.17) is 18.6 Å². The van der Waals surface area contributed by atoms with E-state index in [0.717, 1.165) is 32.1 Å². The molecule has 0 N–H and O–H groups in total. The lowest BCUT2D eigenvalue weighted by Gasteiger charge is -2.15. The van der Waals surface area contributed by atoms with Crippen LogP contribution in [0.15, 0.2) is 27.4 Å². The van der Waals surface area contributed by atoms with Gasteiger partial charge in [0.1, 0.15) is 16.7 Å². The summed E-state index contributed by atoms with van der Waals surface area (Å²) in [6, 6.07) is 5.04. The first kappa shape index (κ1) is 30.7. The van der Waals surface area contributed by atoms with Gasteiger partial charge in [-0.2, -0.15) is 0 Å². The van der Waals surface area contributed by atoms with Crippen LogP contribution in [-0.4, -0.2) is 19.2 Å². The van der Waals surface area contributed by atoms with Crippen molar-refractivity contribution in [3.8, 4) is 17.2 Å². The summed E-state index contributed by atoms with van der Waals surface area (Å²) in [5, 5.41) is 0.461. The topological polar surface area (TPSA) is 75.0 Å². The molecule has 0 spiro atoms. The summed E-state index contributed by atoms with van der Waals surface area (Å²) in [6.07, 6.45) is 18.9. The third-order valence-corrected chi connectivity index (χ3v) is 6.55. The number of benzene rings is 1. The maximum absolute atomic E-state index is 12.8. The average Bonchev–Trinajstić information content (AvgIpc) is 2.87. The van der Waals surface area contributed by atoms with Gasteiger partial charge in [0.2, 0.25) is 5.75 Å². The van der Waals surface area contributed by atoms with E-state index in [9.17, 15) is 9.59 Å². The third kappa shape index (κ3) is 11.6. The van der Waals surface area contributed by atoms with E-state index in [1.807, 2.05) is 0 Å². The van der Waals surface area contributed by atoms with Crippen molar-refractivity contribution < 1.29 is 23.4 Å². The highest BCUT2D eigenvalue weighted by Gasteiger charge is 2.22. The monoisotopic (exact) mass is 516 g/mol. The molecule has 1 heterocycles. The lowest BCUT2D eigenvalue weighted by Crippen LogP contribution is -2.13. The summed E-state index contributed by atoms with van der Waals surface area (Å²) < 4.78 is 23.0. The molecule has 2 aromatic rings. The Morgan fingerprint density at radius 2 is 1.19 bits per heavy atom. The Kier molecular flexibility index (Phi) is 15.5. The zero-order chi connectivity index (χ0) is 26.7. The van der Waals surface area contributed by atoms with Crippen molar-refractivity contribution in [1.82, 2.24) is 0 Å². The van der Waals surface area contributed by atoms with E-state index < -0.39 is 11.6 Å². The van der Waals surface area contributed by atoms with E-state index in [1.54, 1.807) is 18.2 Å². The van der Waals surface area contributed by atoms with Crippen LogP contribution in [0.25, 0.3) is 11.0 Å². The van der Waals surface area contributed by atoms with Crippen molar-refractivity contribution in [2.24, 2.45) is 0 Å². The van der Waals surface area contributed by atoms with E-state index >= 15 is 0 Å². The molecule has 208 valence electrons. The molecular formula is C31H48O6. The highest BCUT2D eigenvalue weighted by molar-refractivity contribution is 5.93. The van der Waals surface area contributed by atoms with Crippen LogP contribution >= 0.6 is 0 Å². The van der Waals surface area contributed by atoms with Gasteiger partial charge in [-0.3, -0.25) is 4.79 Å². The molecular weight excluding hydrogens is 468 g/mol. The number of hydrogen-bond donors (Lipinski definition) is 0. The molecule has 0 atom stereocenters. The fourth-order valence-corrected chi connectivity index (χ4v) is 4.49. The van der Waals surface area contributed by atoms with E-state index in [-0.39, 0.29) is 5.75 Å². The zero-order valence-electron chi connectivity index (χ0n) is 23.4. The highest BCUT2D eigenvalue weighted by atomic mass is 16.5. The minimum atomic E-state index is -0.571. The molecule has 0 aliphatic carbocycles. The Bertz CT molecular complexity index is 964. The van der Waals surface area contributed by atoms with Crippen LogP contribution in [0.5, 0.6) is 17.2 Å². The maximum atomic E-state index is 12.8. The molecule has 0 saturated heterocycles. The van der Waals surface area contributed by atoms with Crippen LogP contribution in [0, 0.1) is 0 Å². The molecule has 0 saturated carbocycles. The summed E-state index contributed by atoms with van der Waals surface area (Å²) >= 11 is 0. The molecule has 0 aliphatic heterocycles. The fourth-order valence-electron chi connectivity index (χ4n) is 4.49. The predicted molar refractivity (Wildman–Crippen MR) is 150 cm³/mol. The minimum Gasteiger partial charge on any atom is -0.489 e. The Balaban J connectivity index is 2.03. The number of fused-ring (bicyclic) bond motifs is 1. The van der Waals surface area contributed by atoms with Gasteiger partial charge >= 0.3 is 11.6 Å². The second kappa shape index (κ2) is 18.7. The van der Waals surface area contributed by atoms with Gasteiger partial charge in [-0.05, 0) is 25.0 Å². The van der Waals surface area contributed by atoms with Gasteiger partial charge in [-0.15, -0.1) is 0 Å². The molecule has 0 unspecified atom stereocenters. The van der Waals surface area contributed by atoms with Crippen LogP contribution in [-0.2, 0) is 4.79 Å². The van der Waals surface area contributed by atoms with Gasteiger partial charge in [0, 0.05) is 6.92 Å². The Hall–Kier alpha value is -2.50. The molecule has 0 aliphatic rings. The van der Waals surface area contributed by atoms with Crippen LogP contribution in [0.1, 0.15) is 124 Å². The standard InChI is InChI=1S/C31H48O6/c1-4-6-8-10-12-14-16-18-23-34-29-28-26(36-25(3)32)21-20-22-27(28)37-31(33)30(29)35-24-19-17-15-13-11-9-7-5-2/h20-22H,4-19,23-24H2,1-3H3. The van der Waals surface area contributed by atoms with Gasteiger partial charge in [0.05, 0.1) is 13.2 Å². The lowest BCUT2D eigenvalue weighted by atomic mass is 10.1. The number of esters is 1. The van der Waals surface area contributed by atoms with Crippen LogP contribution in [0.4, 0.5) is 0 Å². The first-order chi connectivity index (χ1) is 18.1. The van der Waals surface area contributed by atoms with Gasteiger partial charge in [-0.25, -0.2) is 4.79 Å². The summed E-state index contributed by atoms with van der Waals surface area (Å²) in [6.45, 7) is 6.67. The van der Waals surface area contributed by atoms with Gasteiger partial charge in [-0.1, -0.05) is 110 Å². The second-order valence-electron chi connectivity index (χ2n) is 9.92. The predicted octanol–water partition coefficient (Wildman–Crippen LogP) is 8.76. The highest BCUT2D eigenvalue weighted by Crippen LogP contribution is 2.39. The number of unbranched alkanes of at least 4 members (excludes halogenated alkanes) is 14. The van der Waals surface area contributed by atoms with E-state index in [2.05, 4.69) is 13.8 Å². The smallest absolute Gasteiger partial charge is 0.383 e. The quantitative estimate of drug-likeness (QED) is 0.0714. The molecule has 0 bridgehead atoms. The number of ether oxygens (including phenoxy) is 3. The summed E-state index contributed by atoms with van der Waals surface area (Å²) in [4.78, 5) is 24.6. The molecule has 6 heteroatoms. The van der Waals surface area contributed by atoms with Crippen molar-refractivity contribution in [2.75, 3.05) is 13.2 Å². The molecule has 1 aromatic heterocycles. The SMILES string of the molecule is CCCCCCCCCCOc1c(OCCCCCCCCCC)c2c(OC(C)=O)cccc2oc1=O. The number of carbonyl (C=O) groups is 1.